The third-order valence-corrected chi connectivity index (χ3v) is 3.11. The van der Waals surface area contributed by atoms with Crippen LogP contribution in [0.25, 0.3) is 0 Å². The number of amides is 1. The summed E-state index contributed by atoms with van der Waals surface area (Å²) in [7, 11) is 0. The topological polar surface area (TPSA) is 38.3 Å². The number of ether oxygens (including phenoxy) is 1. The van der Waals surface area contributed by atoms with Crippen molar-refractivity contribution in [1.82, 2.24) is 5.32 Å². The quantitative estimate of drug-likeness (QED) is 0.705. The van der Waals surface area contributed by atoms with Gasteiger partial charge in [-0.2, -0.15) is 11.8 Å². The van der Waals surface area contributed by atoms with E-state index in [9.17, 15) is 4.79 Å². The molecule has 14 heavy (non-hydrogen) atoms. The van der Waals surface area contributed by atoms with E-state index in [2.05, 4.69) is 11.6 Å². The summed E-state index contributed by atoms with van der Waals surface area (Å²) in [6.07, 6.45) is 4.92. The first kappa shape index (κ1) is 11.9. The van der Waals surface area contributed by atoms with E-state index in [-0.39, 0.29) is 11.8 Å². The van der Waals surface area contributed by atoms with E-state index in [4.69, 9.17) is 4.74 Å². The Hall–Kier alpha value is -0.220. The average molecular weight is 217 g/mol. The largest absolute Gasteiger partial charge is 0.381 e. The molecule has 0 aromatic heterocycles. The lowest BCUT2D eigenvalue weighted by molar-refractivity contribution is -0.127. The Morgan fingerprint density at radius 3 is 2.86 bits per heavy atom. The average Bonchev–Trinajstić information content (AvgIpc) is 2.25. The van der Waals surface area contributed by atoms with Gasteiger partial charge in [0.15, 0.2) is 0 Å². The molecule has 1 N–H and O–H groups in total. The molecule has 1 rings (SSSR count). The monoisotopic (exact) mass is 217 g/mol. The Labute approximate surface area is 90.0 Å². The maximum Gasteiger partial charge on any atom is 0.223 e. The molecule has 0 saturated carbocycles. The van der Waals surface area contributed by atoms with E-state index >= 15 is 0 Å². The van der Waals surface area contributed by atoms with Crippen LogP contribution in [0.2, 0.25) is 0 Å². The molecule has 1 aliphatic heterocycles. The molecule has 82 valence electrons. The van der Waals surface area contributed by atoms with Crippen LogP contribution in [0.5, 0.6) is 0 Å². The van der Waals surface area contributed by atoms with Crippen LogP contribution in [0.15, 0.2) is 0 Å². The minimum absolute atomic E-state index is 0.193. The summed E-state index contributed by atoms with van der Waals surface area (Å²) in [5.41, 5.74) is 0. The molecular formula is C10H19NO2S. The molecule has 0 aromatic carbocycles. The fraction of sp³-hybridized carbons (Fsp3) is 0.900. The SMILES string of the molecule is CSCCCNC(=O)C1CCOCC1. The van der Waals surface area contributed by atoms with Crippen molar-refractivity contribution in [3.8, 4) is 0 Å². The molecule has 1 aliphatic rings. The zero-order chi connectivity index (χ0) is 10.2. The molecule has 0 aromatic rings. The van der Waals surface area contributed by atoms with Gasteiger partial charge in [0.05, 0.1) is 0 Å². The summed E-state index contributed by atoms with van der Waals surface area (Å²) >= 11 is 1.82. The first-order valence-corrected chi connectivity index (χ1v) is 6.58. The molecule has 1 fully saturated rings. The van der Waals surface area contributed by atoms with Crippen LogP contribution in [0.4, 0.5) is 0 Å². The van der Waals surface area contributed by atoms with Gasteiger partial charge in [-0.15, -0.1) is 0 Å². The van der Waals surface area contributed by atoms with Crippen LogP contribution < -0.4 is 5.32 Å². The highest BCUT2D eigenvalue weighted by molar-refractivity contribution is 7.98. The van der Waals surface area contributed by atoms with Crippen LogP contribution in [0.3, 0.4) is 0 Å². The van der Waals surface area contributed by atoms with Crippen LogP contribution in [-0.4, -0.2) is 37.7 Å². The molecular weight excluding hydrogens is 198 g/mol. The van der Waals surface area contributed by atoms with Crippen molar-refractivity contribution in [2.75, 3.05) is 31.8 Å². The summed E-state index contributed by atoms with van der Waals surface area (Å²) in [4.78, 5) is 11.6. The summed E-state index contributed by atoms with van der Waals surface area (Å²) in [6, 6.07) is 0. The normalized spacial score (nSPS) is 18.1. The number of hydrogen-bond donors (Lipinski definition) is 1. The molecule has 1 amide bonds. The van der Waals surface area contributed by atoms with E-state index in [0.29, 0.717) is 0 Å². The second kappa shape index (κ2) is 7.12. The van der Waals surface area contributed by atoms with Gasteiger partial charge in [0.25, 0.3) is 0 Å². The van der Waals surface area contributed by atoms with Crippen molar-refractivity contribution in [3.05, 3.63) is 0 Å². The van der Waals surface area contributed by atoms with Gasteiger partial charge in [0.1, 0.15) is 0 Å². The third kappa shape index (κ3) is 4.33. The fourth-order valence-corrected chi connectivity index (χ4v) is 1.97. The first-order chi connectivity index (χ1) is 6.84. The number of carbonyl (C=O) groups is 1. The molecule has 0 aliphatic carbocycles. The van der Waals surface area contributed by atoms with Crippen molar-refractivity contribution < 1.29 is 9.53 Å². The van der Waals surface area contributed by atoms with E-state index < -0.39 is 0 Å². The molecule has 1 saturated heterocycles. The molecule has 4 heteroatoms. The predicted octanol–water partition coefficient (Wildman–Crippen LogP) is 1.28. The zero-order valence-electron chi connectivity index (χ0n) is 8.75. The lowest BCUT2D eigenvalue weighted by Crippen LogP contribution is -2.34. The Balaban J connectivity index is 2.07. The van der Waals surface area contributed by atoms with E-state index in [1.807, 2.05) is 11.8 Å². The fourth-order valence-electron chi connectivity index (χ4n) is 1.53. The minimum atomic E-state index is 0.193. The second-order valence-corrected chi connectivity index (χ2v) is 4.51. The van der Waals surface area contributed by atoms with Gasteiger partial charge in [-0.25, -0.2) is 0 Å². The summed E-state index contributed by atoms with van der Waals surface area (Å²) < 4.78 is 5.21. The number of carbonyl (C=O) groups excluding carboxylic acids is 1. The van der Waals surface area contributed by atoms with Gasteiger partial charge < -0.3 is 10.1 Å². The van der Waals surface area contributed by atoms with Gasteiger partial charge in [-0.05, 0) is 31.3 Å². The Bertz CT molecular complexity index is 170. The molecule has 0 unspecified atom stereocenters. The van der Waals surface area contributed by atoms with E-state index in [0.717, 1.165) is 44.8 Å². The number of rotatable bonds is 5. The summed E-state index contributed by atoms with van der Waals surface area (Å²) in [5, 5.41) is 2.98. The van der Waals surface area contributed by atoms with Crippen LogP contribution in [-0.2, 0) is 9.53 Å². The van der Waals surface area contributed by atoms with Gasteiger partial charge >= 0.3 is 0 Å². The van der Waals surface area contributed by atoms with E-state index in [1.165, 1.54) is 0 Å². The van der Waals surface area contributed by atoms with E-state index in [1.54, 1.807) is 0 Å². The van der Waals surface area contributed by atoms with Crippen LogP contribution in [0, 0.1) is 5.92 Å². The maximum absolute atomic E-state index is 11.6. The number of thioether (sulfide) groups is 1. The molecule has 0 spiro atoms. The van der Waals surface area contributed by atoms with Gasteiger partial charge in [-0.1, -0.05) is 0 Å². The second-order valence-electron chi connectivity index (χ2n) is 3.52. The molecule has 3 nitrogen and oxygen atoms in total. The van der Waals surface area contributed by atoms with Crippen LogP contribution in [0.1, 0.15) is 19.3 Å². The highest BCUT2D eigenvalue weighted by Gasteiger charge is 2.20. The smallest absolute Gasteiger partial charge is 0.223 e. The van der Waals surface area contributed by atoms with Crippen molar-refractivity contribution >= 4 is 17.7 Å². The van der Waals surface area contributed by atoms with Gasteiger partial charge in [0, 0.05) is 25.7 Å². The molecule has 0 bridgehead atoms. The third-order valence-electron chi connectivity index (χ3n) is 2.42. The molecule has 0 radical (unpaired) electrons. The molecule has 1 heterocycles. The maximum atomic E-state index is 11.6. The van der Waals surface area contributed by atoms with Crippen molar-refractivity contribution in [1.29, 1.82) is 0 Å². The van der Waals surface area contributed by atoms with Gasteiger partial charge in [-0.3, -0.25) is 4.79 Å². The highest BCUT2D eigenvalue weighted by Crippen LogP contribution is 2.14. The predicted molar refractivity (Wildman–Crippen MR) is 59.6 cm³/mol. The zero-order valence-corrected chi connectivity index (χ0v) is 9.57. The lowest BCUT2D eigenvalue weighted by Gasteiger charge is -2.21. The lowest BCUT2D eigenvalue weighted by atomic mass is 9.99. The minimum Gasteiger partial charge on any atom is -0.381 e. The van der Waals surface area contributed by atoms with Gasteiger partial charge in [0.2, 0.25) is 5.91 Å². The number of hydrogen-bond acceptors (Lipinski definition) is 3. The Morgan fingerprint density at radius 2 is 2.21 bits per heavy atom. The molecule has 0 atom stereocenters. The number of nitrogens with one attached hydrogen (secondary N) is 1. The van der Waals surface area contributed by atoms with Crippen LogP contribution >= 0.6 is 11.8 Å². The standard InChI is InChI=1S/C10H19NO2S/c1-14-8-2-5-11-10(12)9-3-6-13-7-4-9/h9H,2-8H2,1H3,(H,11,12). The highest BCUT2D eigenvalue weighted by atomic mass is 32.2. The Morgan fingerprint density at radius 1 is 1.50 bits per heavy atom. The van der Waals surface area contributed by atoms with Crippen molar-refractivity contribution in [3.63, 3.8) is 0 Å². The summed E-state index contributed by atoms with van der Waals surface area (Å²) in [5.74, 6) is 1.53. The summed E-state index contributed by atoms with van der Waals surface area (Å²) in [6.45, 7) is 2.29. The van der Waals surface area contributed by atoms with Crippen molar-refractivity contribution in [2.24, 2.45) is 5.92 Å². The first-order valence-electron chi connectivity index (χ1n) is 5.19. The Kier molecular flexibility index (Phi) is 6.03. The van der Waals surface area contributed by atoms with Crippen molar-refractivity contribution in [2.45, 2.75) is 19.3 Å².